The van der Waals surface area contributed by atoms with Crippen LogP contribution in [0.4, 0.5) is 0 Å². The minimum Gasteiger partial charge on any atom is -0.481 e. The molecule has 0 spiro atoms. The Balaban J connectivity index is 2.25. The number of hydrogen-bond donors (Lipinski definition) is 1. The molecule has 0 saturated heterocycles. The van der Waals surface area contributed by atoms with Gasteiger partial charge in [0.15, 0.2) is 0 Å². The zero-order chi connectivity index (χ0) is 14.8. The third-order valence-electron chi connectivity index (χ3n) is 3.15. The Bertz CT molecular complexity index is 812. The van der Waals surface area contributed by atoms with Gasteiger partial charge in [-0.1, -0.05) is 24.4 Å². The lowest BCUT2D eigenvalue weighted by Gasteiger charge is -2.09. The molecule has 106 valence electrons. The van der Waals surface area contributed by atoms with E-state index in [2.05, 4.69) is 9.97 Å². The SMILES string of the molecule is COc1cc(-n2c(CC(N)=S)nc3ccccc32)ccn1. The van der Waals surface area contributed by atoms with Crippen LogP contribution >= 0.6 is 12.2 Å². The normalized spacial score (nSPS) is 10.7. The van der Waals surface area contributed by atoms with E-state index in [1.807, 2.05) is 41.0 Å². The fourth-order valence-electron chi connectivity index (χ4n) is 2.29. The number of aromatic nitrogens is 3. The van der Waals surface area contributed by atoms with Crippen LogP contribution in [0.25, 0.3) is 16.7 Å². The Labute approximate surface area is 127 Å². The highest BCUT2D eigenvalue weighted by atomic mass is 32.1. The molecule has 0 radical (unpaired) electrons. The first-order chi connectivity index (χ1) is 10.2. The topological polar surface area (TPSA) is 66.0 Å². The molecule has 3 rings (SSSR count). The van der Waals surface area contributed by atoms with Crippen molar-refractivity contribution in [3.8, 4) is 11.6 Å². The molecule has 2 N–H and O–H groups in total. The van der Waals surface area contributed by atoms with Crippen molar-refractivity contribution in [3.05, 3.63) is 48.4 Å². The molecule has 6 heteroatoms. The highest BCUT2D eigenvalue weighted by Crippen LogP contribution is 2.23. The second kappa shape index (κ2) is 5.49. The standard InChI is InChI=1S/C15H14N4OS/c1-20-15-8-10(6-7-17-15)19-12-5-3-2-4-11(12)18-14(19)9-13(16)21/h2-8H,9H2,1H3,(H2,16,21). The van der Waals surface area contributed by atoms with Crippen molar-refractivity contribution in [3.63, 3.8) is 0 Å². The Morgan fingerprint density at radius 3 is 2.90 bits per heavy atom. The van der Waals surface area contributed by atoms with Crippen LogP contribution < -0.4 is 10.5 Å². The molecule has 0 atom stereocenters. The number of methoxy groups -OCH3 is 1. The highest BCUT2D eigenvalue weighted by molar-refractivity contribution is 7.80. The first-order valence-corrected chi connectivity index (χ1v) is 6.85. The number of nitrogens with two attached hydrogens (primary N) is 1. The van der Waals surface area contributed by atoms with Gasteiger partial charge in [-0.25, -0.2) is 9.97 Å². The number of para-hydroxylation sites is 2. The Morgan fingerprint density at radius 1 is 1.33 bits per heavy atom. The van der Waals surface area contributed by atoms with Crippen LogP contribution in [0.1, 0.15) is 5.82 Å². The van der Waals surface area contributed by atoms with E-state index in [-0.39, 0.29) is 0 Å². The molecule has 0 aliphatic heterocycles. The van der Waals surface area contributed by atoms with E-state index in [1.165, 1.54) is 0 Å². The van der Waals surface area contributed by atoms with Crippen LogP contribution in [-0.4, -0.2) is 26.6 Å². The number of pyridine rings is 1. The summed E-state index contributed by atoms with van der Waals surface area (Å²) in [7, 11) is 1.59. The van der Waals surface area contributed by atoms with Crippen LogP contribution in [0, 0.1) is 0 Å². The lowest BCUT2D eigenvalue weighted by Crippen LogP contribution is -2.15. The fraction of sp³-hybridized carbons (Fsp3) is 0.133. The van der Waals surface area contributed by atoms with Gasteiger partial charge in [-0.2, -0.15) is 0 Å². The maximum Gasteiger partial charge on any atom is 0.215 e. The zero-order valence-electron chi connectivity index (χ0n) is 11.5. The molecule has 0 bridgehead atoms. The van der Waals surface area contributed by atoms with Gasteiger partial charge in [-0.05, 0) is 18.2 Å². The molecule has 5 nitrogen and oxygen atoms in total. The van der Waals surface area contributed by atoms with Crippen LogP contribution in [0.3, 0.4) is 0 Å². The van der Waals surface area contributed by atoms with E-state index >= 15 is 0 Å². The number of hydrogen-bond acceptors (Lipinski definition) is 4. The first kappa shape index (κ1) is 13.5. The highest BCUT2D eigenvalue weighted by Gasteiger charge is 2.13. The van der Waals surface area contributed by atoms with Gasteiger partial charge in [-0.3, -0.25) is 4.57 Å². The predicted octanol–water partition coefficient (Wildman–Crippen LogP) is 2.26. The summed E-state index contributed by atoms with van der Waals surface area (Å²) in [6.07, 6.45) is 2.14. The Kier molecular flexibility index (Phi) is 3.53. The Morgan fingerprint density at radius 2 is 2.14 bits per heavy atom. The minimum atomic E-state index is 0.410. The maximum atomic E-state index is 5.69. The van der Waals surface area contributed by atoms with Crippen molar-refractivity contribution in [2.75, 3.05) is 7.11 Å². The smallest absolute Gasteiger partial charge is 0.215 e. The predicted molar refractivity (Wildman–Crippen MR) is 85.9 cm³/mol. The molecule has 3 aromatic rings. The summed E-state index contributed by atoms with van der Waals surface area (Å²) in [4.78, 5) is 9.16. The maximum absolute atomic E-state index is 5.69. The van der Waals surface area contributed by atoms with Gasteiger partial charge in [0.2, 0.25) is 5.88 Å². The molecule has 0 fully saturated rings. The first-order valence-electron chi connectivity index (χ1n) is 6.44. The number of rotatable bonds is 4. The fourth-order valence-corrected chi connectivity index (χ4v) is 2.42. The van der Waals surface area contributed by atoms with Gasteiger partial charge in [-0.15, -0.1) is 0 Å². The van der Waals surface area contributed by atoms with Crippen molar-refractivity contribution < 1.29 is 4.74 Å². The number of ether oxygens (including phenoxy) is 1. The van der Waals surface area contributed by atoms with Gasteiger partial charge in [0.25, 0.3) is 0 Å². The van der Waals surface area contributed by atoms with Gasteiger partial charge in [0, 0.05) is 12.3 Å². The molecule has 0 aliphatic rings. The lowest BCUT2D eigenvalue weighted by molar-refractivity contribution is 0.397. The second-order valence-corrected chi connectivity index (χ2v) is 5.08. The molecular formula is C15H14N4OS. The summed E-state index contributed by atoms with van der Waals surface area (Å²) in [5.74, 6) is 1.35. The number of fused-ring (bicyclic) bond motifs is 1. The van der Waals surface area contributed by atoms with E-state index in [0.29, 0.717) is 17.3 Å². The number of nitrogens with zero attached hydrogens (tertiary/aromatic N) is 3. The second-order valence-electron chi connectivity index (χ2n) is 4.55. The average Bonchev–Trinajstić information content (AvgIpc) is 2.84. The summed E-state index contributed by atoms with van der Waals surface area (Å²) >= 11 is 5.03. The number of benzene rings is 1. The van der Waals surface area contributed by atoms with Gasteiger partial charge in [0.1, 0.15) is 5.82 Å². The molecule has 21 heavy (non-hydrogen) atoms. The zero-order valence-corrected chi connectivity index (χ0v) is 12.3. The van der Waals surface area contributed by atoms with Gasteiger partial charge in [0.05, 0.1) is 35.2 Å². The minimum absolute atomic E-state index is 0.410. The summed E-state index contributed by atoms with van der Waals surface area (Å²) in [5, 5.41) is 0. The molecular weight excluding hydrogens is 284 g/mol. The van der Waals surface area contributed by atoms with E-state index in [4.69, 9.17) is 22.7 Å². The van der Waals surface area contributed by atoms with Crippen molar-refractivity contribution >= 4 is 28.2 Å². The van der Waals surface area contributed by atoms with E-state index in [9.17, 15) is 0 Å². The van der Waals surface area contributed by atoms with Crippen molar-refractivity contribution in [1.82, 2.24) is 14.5 Å². The summed E-state index contributed by atoms with van der Waals surface area (Å²) in [6, 6.07) is 11.7. The lowest BCUT2D eigenvalue weighted by atomic mass is 10.3. The van der Waals surface area contributed by atoms with E-state index in [1.54, 1.807) is 13.3 Å². The number of imidazole rings is 1. The largest absolute Gasteiger partial charge is 0.481 e. The molecule has 0 aliphatic carbocycles. The van der Waals surface area contributed by atoms with Crippen LogP contribution in [0.5, 0.6) is 5.88 Å². The Hall–Kier alpha value is -2.47. The molecule has 2 aromatic heterocycles. The monoisotopic (exact) mass is 298 g/mol. The van der Waals surface area contributed by atoms with Crippen LogP contribution in [0.15, 0.2) is 42.6 Å². The molecule has 1 aromatic carbocycles. The van der Waals surface area contributed by atoms with Crippen LogP contribution in [-0.2, 0) is 6.42 Å². The van der Waals surface area contributed by atoms with Crippen molar-refractivity contribution in [2.24, 2.45) is 5.73 Å². The third-order valence-corrected chi connectivity index (χ3v) is 3.29. The molecule has 0 saturated carbocycles. The third kappa shape index (κ3) is 2.57. The van der Waals surface area contributed by atoms with E-state index in [0.717, 1.165) is 22.5 Å². The molecule has 2 heterocycles. The summed E-state index contributed by atoms with van der Waals surface area (Å²) < 4.78 is 7.22. The van der Waals surface area contributed by atoms with E-state index < -0.39 is 0 Å². The molecule has 0 amide bonds. The average molecular weight is 298 g/mol. The van der Waals surface area contributed by atoms with Gasteiger partial charge >= 0.3 is 0 Å². The number of thiocarbonyl (C=S) groups is 1. The summed E-state index contributed by atoms with van der Waals surface area (Å²) in [6.45, 7) is 0. The van der Waals surface area contributed by atoms with Gasteiger partial charge < -0.3 is 10.5 Å². The quantitative estimate of drug-likeness (QED) is 0.748. The summed E-state index contributed by atoms with van der Waals surface area (Å²) in [5.41, 5.74) is 8.51. The molecule has 0 unspecified atom stereocenters. The van der Waals surface area contributed by atoms with Crippen molar-refractivity contribution in [1.29, 1.82) is 0 Å². The van der Waals surface area contributed by atoms with Crippen LogP contribution in [0.2, 0.25) is 0 Å². The van der Waals surface area contributed by atoms with Crippen molar-refractivity contribution in [2.45, 2.75) is 6.42 Å².